The predicted octanol–water partition coefficient (Wildman–Crippen LogP) is 7.27. The molecule has 1 N–H and O–H groups in total. The third-order valence-electron chi connectivity index (χ3n) is 5.80. The van der Waals surface area contributed by atoms with E-state index in [-0.39, 0.29) is 16.7 Å². The van der Waals surface area contributed by atoms with Gasteiger partial charge in [0.25, 0.3) is 0 Å². The summed E-state index contributed by atoms with van der Waals surface area (Å²) >= 11 is 0. The molecular weight excluding hydrogens is 356 g/mol. The number of aromatic hydroxyl groups is 1. The van der Waals surface area contributed by atoms with Crippen molar-refractivity contribution in [3.8, 4) is 17.2 Å². The summed E-state index contributed by atoms with van der Waals surface area (Å²) in [5.74, 6) is 2.03. The van der Waals surface area contributed by atoms with E-state index in [1.54, 1.807) is 0 Å². The zero-order valence-corrected chi connectivity index (χ0v) is 18.2. The van der Waals surface area contributed by atoms with Gasteiger partial charge in [0.1, 0.15) is 17.2 Å². The van der Waals surface area contributed by atoms with E-state index in [1.165, 1.54) is 5.56 Å². The minimum absolute atomic E-state index is 0.0212. The number of phenols is 1. The first kappa shape index (κ1) is 19.6. The molecule has 0 saturated carbocycles. The van der Waals surface area contributed by atoms with Crippen LogP contribution in [0.3, 0.4) is 0 Å². The van der Waals surface area contributed by atoms with Crippen LogP contribution in [-0.4, -0.2) is 5.11 Å². The van der Waals surface area contributed by atoms with Gasteiger partial charge in [-0.05, 0) is 34.1 Å². The maximum absolute atomic E-state index is 11.5. The molecule has 1 heterocycles. The number of ether oxygens (including phenoxy) is 1. The quantitative estimate of drug-likeness (QED) is 0.373. The Balaban J connectivity index is 2.05. The molecule has 29 heavy (non-hydrogen) atoms. The number of hydrogen-bond donors (Lipinski definition) is 1. The van der Waals surface area contributed by atoms with E-state index >= 15 is 0 Å². The molecule has 0 amide bonds. The summed E-state index contributed by atoms with van der Waals surface area (Å²) < 4.78 is 6.18. The molecule has 150 valence electrons. The van der Waals surface area contributed by atoms with Crippen molar-refractivity contribution in [2.75, 3.05) is 0 Å². The van der Waals surface area contributed by atoms with E-state index in [2.05, 4.69) is 65.8 Å². The van der Waals surface area contributed by atoms with Crippen molar-refractivity contribution in [1.82, 2.24) is 0 Å². The second-order valence-electron chi connectivity index (χ2n) is 10.1. The molecule has 3 aromatic rings. The first-order valence-electron chi connectivity index (χ1n) is 10.3. The second-order valence-corrected chi connectivity index (χ2v) is 10.1. The van der Waals surface area contributed by atoms with Gasteiger partial charge in [0.15, 0.2) is 0 Å². The van der Waals surface area contributed by atoms with E-state index in [0.717, 1.165) is 33.8 Å². The molecule has 2 heteroatoms. The number of para-hydroxylation sites is 2. The molecule has 0 saturated heterocycles. The highest BCUT2D eigenvalue weighted by atomic mass is 16.5. The van der Waals surface area contributed by atoms with Gasteiger partial charge < -0.3 is 9.84 Å². The van der Waals surface area contributed by atoms with Crippen LogP contribution >= 0.6 is 0 Å². The van der Waals surface area contributed by atoms with Crippen LogP contribution in [0.25, 0.3) is 0 Å². The molecule has 1 aliphatic heterocycles. The number of phenolic OH excluding ortho intramolecular Hbond substituents is 1. The topological polar surface area (TPSA) is 29.5 Å². The number of benzene rings is 3. The summed E-state index contributed by atoms with van der Waals surface area (Å²) in [6.07, 6.45) is 0. The molecule has 0 fully saturated rings. The number of fused-ring (bicyclic) bond motifs is 2. The Morgan fingerprint density at radius 3 is 1.69 bits per heavy atom. The van der Waals surface area contributed by atoms with Crippen LogP contribution in [0.5, 0.6) is 17.2 Å². The molecule has 0 aromatic heterocycles. The minimum Gasteiger partial charge on any atom is -0.507 e. The highest BCUT2D eigenvalue weighted by Gasteiger charge is 2.33. The Morgan fingerprint density at radius 1 is 0.690 bits per heavy atom. The van der Waals surface area contributed by atoms with Gasteiger partial charge in [-0.15, -0.1) is 0 Å². The minimum atomic E-state index is -0.162. The summed E-state index contributed by atoms with van der Waals surface area (Å²) in [6.45, 7) is 13.1. The van der Waals surface area contributed by atoms with Gasteiger partial charge in [0, 0.05) is 22.6 Å². The fourth-order valence-corrected chi connectivity index (χ4v) is 4.13. The van der Waals surface area contributed by atoms with E-state index in [9.17, 15) is 5.11 Å². The zero-order chi connectivity index (χ0) is 21.0. The molecule has 1 aliphatic rings. The maximum atomic E-state index is 11.5. The highest BCUT2D eigenvalue weighted by molar-refractivity contribution is 5.62. The molecule has 0 radical (unpaired) electrons. The maximum Gasteiger partial charge on any atom is 0.131 e. The standard InChI is InChI=1S/C27H30O2/c1-26(2,3)17-15-20(25(28)21(16-17)27(4,5)6)24-18-11-7-9-13-22(18)29-23-14-10-8-12-19(23)24/h7-16,24,28H,1-6H3. The average molecular weight is 387 g/mol. The summed E-state index contributed by atoms with van der Waals surface area (Å²) in [5.41, 5.74) is 5.17. The summed E-state index contributed by atoms with van der Waals surface area (Å²) in [6, 6.07) is 20.7. The molecule has 0 aliphatic carbocycles. The Labute approximate surface area is 174 Å². The van der Waals surface area contributed by atoms with Crippen LogP contribution < -0.4 is 4.74 Å². The van der Waals surface area contributed by atoms with Crippen molar-refractivity contribution in [1.29, 1.82) is 0 Å². The van der Waals surface area contributed by atoms with Gasteiger partial charge in [-0.25, -0.2) is 0 Å². The van der Waals surface area contributed by atoms with Gasteiger partial charge in [0.05, 0.1) is 0 Å². The van der Waals surface area contributed by atoms with E-state index < -0.39 is 0 Å². The van der Waals surface area contributed by atoms with Crippen LogP contribution in [0.4, 0.5) is 0 Å². The van der Waals surface area contributed by atoms with Crippen molar-refractivity contribution < 1.29 is 9.84 Å². The smallest absolute Gasteiger partial charge is 0.131 e. The second kappa shape index (κ2) is 6.66. The Bertz CT molecular complexity index is 1020. The predicted molar refractivity (Wildman–Crippen MR) is 119 cm³/mol. The SMILES string of the molecule is CC(C)(C)c1cc(C2c3ccccc3Oc3ccccc32)c(O)c(C(C)(C)C)c1. The van der Waals surface area contributed by atoms with E-state index in [1.807, 2.05) is 36.4 Å². The third-order valence-corrected chi connectivity index (χ3v) is 5.80. The van der Waals surface area contributed by atoms with Crippen LogP contribution in [0.15, 0.2) is 60.7 Å². The molecule has 4 rings (SSSR count). The fourth-order valence-electron chi connectivity index (χ4n) is 4.13. The van der Waals surface area contributed by atoms with Crippen molar-refractivity contribution >= 4 is 0 Å². The lowest BCUT2D eigenvalue weighted by atomic mass is 9.74. The fraction of sp³-hybridized carbons (Fsp3) is 0.333. The first-order valence-corrected chi connectivity index (χ1v) is 10.3. The first-order chi connectivity index (χ1) is 13.6. The number of rotatable bonds is 1. The Morgan fingerprint density at radius 2 is 1.21 bits per heavy atom. The van der Waals surface area contributed by atoms with Crippen molar-refractivity contribution in [3.63, 3.8) is 0 Å². The van der Waals surface area contributed by atoms with Crippen molar-refractivity contribution in [2.24, 2.45) is 0 Å². The van der Waals surface area contributed by atoms with E-state index in [0.29, 0.717) is 5.75 Å². The normalized spacial score (nSPS) is 14.1. The monoisotopic (exact) mass is 386 g/mol. The van der Waals surface area contributed by atoms with Crippen LogP contribution in [0.2, 0.25) is 0 Å². The van der Waals surface area contributed by atoms with Crippen molar-refractivity contribution in [2.45, 2.75) is 58.3 Å². The molecule has 0 bridgehead atoms. The summed E-state index contributed by atoms with van der Waals surface area (Å²) in [4.78, 5) is 0. The Kier molecular flexibility index (Phi) is 4.49. The van der Waals surface area contributed by atoms with Gasteiger partial charge in [0.2, 0.25) is 0 Å². The third kappa shape index (κ3) is 3.42. The van der Waals surface area contributed by atoms with Crippen molar-refractivity contribution in [3.05, 3.63) is 88.5 Å². The molecule has 0 spiro atoms. The van der Waals surface area contributed by atoms with Gasteiger partial charge in [-0.1, -0.05) is 90.1 Å². The average Bonchev–Trinajstić information content (AvgIpc) is 2.64. The lowest BCUT2D eigenvalue weighted by Crippen LogP contribution is -2.19. The van der Waals surface area contributed by atoms with Crippen LogP contribution in [0, 0.1) is 0 Å². The molecule has 0 unspecified atom stereocenters. The summed E-state index contributed by atoms with van der Waals surface area (Å²) in [5, 5.41) is 11.5. The van der Waals surface area contributed by atoms with E-state index in [4.69, 9.17) is 4.74 Å². The van der Waals surface area contributed by atoms with Gasteiger partial charge in [-0.2, -0.15) is 0 Å². The molecule has 0 atom stereocenters. The Hall–Kier alpha value is -2.74. The zero-order valence-electron chi connectivity index (χ0n) is 18.2. The molecule has 3 aromatic carbocycles. The molecule has 2 nitrogen and oxygen atoms in total. The summed E-state index contributed by atoms with van der Waals surface area (Å²) in [7, 11) is 0. The number of hydrogen-bond acceptors (Lipinski definition) is 2. The lowest BCUT2D eigenvalue weighted by Gasteiger charge is -2.33. The molecular formula is C27H30O2. The van der Waals surface area contributed by atoms with Crippen LogP contribution in [-0.2, 0) is 10.8 Å². The van der Waals surface area contributed by atoms with Crippen LogP contribution in [0.1, 0.15) is 75.3 Å². The largest absolute Gasteiger partial charge is 0.507 e. The van der Waals surface area contributed by atoms with Gasteiger partial charge >= 0.3 is 0 Å². The lowest BCUT2D eigenvalue weighted by molar-refractivity contribution is 0.428. The van der Waals surface area contributed by atoms with Gasteiger partial charge in [-0.3, -0.25) is 0 Å². The highest BCUT2D eigenvalue weighted by Crippen LogP contribution is 2.51.